The molecule has 3 rings (SSSR count). The SMILES string of the molecule is O=C(O)N1C[C@@H]2C[C@H]1CN2c1ccc(Cl)cn1. The monoisotopic (exact) mass is 253 g/mol. The third-order valence-electron chi connectivity index (χ3n) is 3.49. The summed E-state index contributed by atoms with van der Waals surface area (Å²) < 4.78 is 0. The maximum atomic E-state index is 11.0. The molecule has 0 spiro atoms. The molecule has 1 aromatic heterocycles. The van der Waals surface area contributed by atoms with E-state index in [1.54, 1.807) is 6.20 Å². The molecule has 0 aromatic carbocycles. The summed E-state index contributed by atoms with van der Waals surface area (Å²) in [6.07, 6.45) is 1.70. The highest BCUT2D eigenvalue weighted by Crippen LogP contribution is 2.33. The fourth-order valence-corrected chi connectivity index (χ4v) is 2.83. The first-order chi connectivity index (χ1) is 8.15. The first kappa shape index (κ1) is 10.7. The third-order valence-corrected chi connectivity index (χ3v) is 3.72. The zero-order chi connectivity index (χ0) is 12.0. The molecule has 3 heterocycles. The number of aromatic nitrogens is 1. The lowest BCUT2D eigenvalue weighted by Gasteiger charge is -2.33. The topological polar surface area (TPSA) is 56.7 Å². The highest BCUT2D eigenvalue weighted by molar-refractivity contribution is 6.30. The molecule has 2 aliphatic heterocycles. The van der Waals surface area contributed by atoms with E-state index < -0.39 is 6.09 Å². The molecule has 1 aromatic rings. The second-order valence-corrected chi connectivity index (χ2v) is 4.90. The van der Waals surface area contributed by atoms with Crippen LogP contribution in [0.25, 0.3) is 0 Å². The van der Waals surface area contributed by atoms with Gasteiger partial charge >= 0.3 is 6.09 Å². The van der Waals surface area contributed by atoms with Crippen LogP contribution in [0.5, 0.6) is 0 Å². The Labute approximate surface area is 104 Å². The maximum Gasteiger partial charge on any atom is 0.407 e. The molecule has 5 nitrogen and oxygen atoms in total. The van der Waals surface area contributed by atoms with Crippen LogP contribution < -0.4 is 4.90 Å². The zero-order valence-corrected chi connectivity index (χ0v) is 9.84. The summed E-state index contributed by atoms with van der Waals surface area (Å²) >= 11 is 5.80. The smallest absolute Gasteiger partial charge is 0.407 e. The van der Waals surface area contributed by atoms with E-state index in [1.165, 1.54) is 4.90 Å². The summed E-state index contributed by atoms with van der Waals surface area (Å²) in [5.74, 6) is 0.881. The van der Waals surface area contributed by atoms with Crippen LogP contribution in [-0.2, 0) is 0 Å². The molecule has 0 saturated carbocycles. The summed E-state index contributed by atoms with van der Waals surface area (Å²) in [5.41, 5.74) is 0. The number of likely N-dealkylation sites (tertiary alicyclic amines) is 1. The predicted molar refractivity (Wildman–Crippen MR) is 63.5 cm³/mol. The highest BCUT2D eigenvalue weighted by atomic mass is 35.5. The number of rotatable bonds is 1. The number of halogens is 1. The third kappa shape index (κ3) is 1.70. The van der Waals surface area contributed by atoms with Crippen molar-refractivity contribution in [1.29, 1.82) is 0 Å². The maximum absolute atomic E-state index is 11.0. The summed E-state index contributed by atoms with van der Waals surface area (Å²) in [7, 11) is 0. The molecule has 6 heteroatoms. The minimum absolute atomic E-state index is 0.106. The van der Waals surface area contributed by atoms with E-state index in [1.807, 2.05) is 12.1 Å². The van der Waals surface area contributed by atoms with Crippen molar-refractivity contribution in [3.05, 3.63) is 23.4 Å². The zero-order valence-electron chi connectivity index (χ0n) is 9.08. The second-order valence-electron chi connectivity index (χ2n) is 4.47. The summed E-state index contributed by atoms with van der Waals surface area (Å²) in [6.45, 7) is 1.30. The Balaban J connectivity index is 1.78. The second kappa shape index (κ2) is 3.77. The van der Waals surface area contributed by atoms with Crippen LogP contribution in [0.2, 0.25) is 5.02 Å². The van der Waals surface area contributed by atoms with Gasteiger partial charge in [0.25, 0.3) is 0 Å². The largest absolute Gasteiger partial charge is 0.465 e. The lowest BCUT2D eigenvalue weighted by Crippen LogP contribution is -2.48. The van der Waals surface area contributed by atoms with Crippen LogP contribution in [-0.4, -0.2) is 46.3 Å². The van der Waals surface area contributed by atoms with Crippen LogP contribution >= 0.6 is 11.6 Å². The first-order valence-electron chi connectivity index (χ1n) is 5.53. The molecule has 0 radical (unpaired) electrons. The van der Waals surface area contributed by atoms with Gasteiger partial charge in [-0.2, -0.15) is 0 Å². The molecule has 0 aliphatic carbocycles. The van der Waals surface area contributed by atoms with Gasteiger partial charge in [0.2, 0.25) is 0 Å². The van der Waals surface area contributed by atoms with Crippen molar-refractivity contribution in [2.45, 2.75) is 18.5 Å². The molecule has 1 N–H and O–H groups in total. The van der Waals surface area contributed by atoms with Crippen molar-refractivity contribution >= 4 is 23.5 Å². The van der Waals surface area contributed by atoms with E-state index in [0.717, 1.165) is 18.8 Å². The standard InChI is InChI=1S/C11H12ClN3O2/c12-7-1-2-10(13-4-7)14-5-9-3-8(14)6-15(9)11(16)17/h1-2,4,8-9H,3,5-6H2,(H,16,17)/t8-,9-/m0/s1. The molecule has 0 unspecified atom stereocenters. The van der Waals surface area contributed by atoms with Gasteiger partial charge in [0.1, 0.15) is 5.82 Å². The van der Waals surface area contributed by atoms with Crippen molar-refractivity contribution in [2.75, 3.05) is 18.0 Å². The lowest BCUT2D eigenvalue weighted by molar-refractivity contribution is 0.137. The Kier molecular flexibility index (Phi) is 2.36. The van der Waals surface area contributed by atoms with Gasteiger partial charge in [-0.15, -0.1) is 0 Å². The molecular weight excluding hydrogens is 242 g/mol. The van der Waals surface area contributed by atoms with Crippen molar-refractivity contribution in [2.24, 2.45) is 0 Å². The fourth-order valence-electron chi connectivity index (χ4n) is 2.72. The molecule has 1 amide bonds. The van der Waals surface area contributed by atoms with Crippen LogP contribution in [0.15, 0.2) is 18.3 Å². The molecular formula is C11H12ClN3O2. The van der Waals surface area contributed by atoms with Crippen molar-refractivity contribution < 1.29 is 9.90 Å². The van der Waals surface area contributed by atoms with Crippen LogP contribution in [0.3, 0.4) is 0 Å². The van der Waals surface area contributed by atoms with E-state index in [2.05, 4.69) is 9.88 Å². The molecule has 2 bridgehead atoms. The van der Waals surface area contributed by atoms with Crippen LogP contribution in [0, 0.1) is 0 Å². The Morgan fingerprint density at radius 3 is 2.76 bits per heavy atom. The minimum Gasteiger partial charge on any atom is -0.465 e. The average Bonchev–Trinajstić information content (AvgIpc) is 2.89. The number of pyridine rings is 1. The van der Waals surface area contributed by atoms with Crippen molar-refractivity contribution in [3.8, 4) is 0 Å². The number of fused-ring (bicyclic) bond motifs is 2. The fraction of sp³-hybridized carbons (Fsp3) is 0.455. The number of carbonyl (C=O) groups is 1. The lowest BCUT2D eigenvalue weighted by atomic mass is 10.2. The molecule has 2 saturated heterocycles. The van der Waals surface area contributed by atoms with Gasteiger partial charge in [0.05, 0.1) is 17.1 Å². The average molecular weight is 254 g/mol. The Morgan fingerprint density at radius 1 is 1.41 bits per heavy atom. The quantitative estimate of drug-likeness (QED) is 0.827. The number of hydrogen-bond donors (Lipinski definition) is 1. The number of nitrogens with zero attached hydrogens (tertiary/aromatic N) is 3. The van der Waals surface area contributed by atoms with Gasteiger partial charge in [-0.05, 0) is 18.6 Å². The van der Waals surface area contributed by atoms with Crippen molar-refractivity contribution in [1.82, 2.24) is 9.88 Å². The Hall–Kier alpha value is -1.49. The summed E-state index contributed by atoms with van der Waals surface area (Å²) in [5, 5.41) is 9.62. The van der Waals surface area contributed by atoms with E-state index in [-0.39, 0.29) is 12.1 Å². The molecule has 2 aliphatic rings. The number of amides is 1. The van der Waals surface area contributed by atoms with E-state index in [4.69, 9.17) is 16.7 Å². The number of hydrogen-bond acceptors (Lipinski definition) is 3. The molecule has 2 atom stereocenters. The van der Waals surface area contributed by atoms with Gasteiger partial charge in [0.15, 0.2) is 0 Å². The number of piperazine rings is 1. The Bertz CT molecular complexity index is 451. The van der Waals surface area contributed by atoms with Gasteiger partial charge < -0.3 is 14.9 Å². The van der Waals surface area contributed by atoms with E-state index in [0.29, 0.717) is 11.6 Å². The molecule has 2 fully saturated rings. The first-order valence-corrected chi connectivity index (χ1v) is 5.90. The van der Waals surface area contributed by atoms with Gasteiger partial charge in [-0.1, -0.05) is 11.6 Å². The van der Waals surface area contributed by atoms with Crippen molar-refractivity contribution in [3.63, 3.8) is 0 Å². The summed E-state index contributed by atoms with van der Waals surface area (Å²) in [4.78, 5) is 18.9. The predicted octanol–water partition coefficient (Wildman–Crippen LogP) is 1.68. The summed E-state index contributed by atoms with van der Waals surface area (Å²) in [6, 6.07) is 4.05. The van der Waals surface area contributed by atoms with Crippen LogP contribution in [0.1, 0.15) is 6.42 Å². The van der Waals surface area contributed by atoms with Gasteiger partial charge in [0, 0.05) is 19.3 Å². The Morgan fingerprint density at radius 2 is 2.24 bits per heavy atom. The van der Waals surface area contributed by atoms with Gasteiger partial charge in [-0.25, -0.2) is 9.78 Å². The number of anilines is 1. The minimum atomic E-state index is -0.818. The van der Waals surface area contributed by atoms with Crippen LogP contribution in [0.4, 0.5) is 10.6 Å². The van der Waals surface area contributed by atoms with Gasteiger partial charge in [-0.3, -0.25) is 0 Å². The molecule has 90 valence electrons. The van der Waals surface area contributed by atoms with E-state index >= 15 is 0 Å². The normalized spacial score (nSPS) is 26.6. The number of carboxylic acid groups (broad SMARTS) is 1. The van der Waals surface area contributed by atoms with E-state index in [9.17, 15) is 4.79 Å². The highest BCUT2D eigenvalue weighted by Gasteiger charge is 2.45. The molecule has 17 heavy (non-hydrogen) atoms.